The van der Waals surface area contributed by atoms with E-state index in [9.17, 15) is 8.42 Å². The second-order valence-electron chi connectivity index (χ2n) is 6.42. The van der Waals surface area contributed by atoms with Crippen molar-refractivity contribution in [3.63, 3.8) is 0 Å². The first kappa shape index (κ1) is 18.4. The highest BCUT2D eigenvalue weighted by molar-refractivity contribution is 7.89. The third kappa shape index (κ3) is 4.61. The summed E-state index contributed by atoms with van der Waals surface area (Å²) in [6.07, 6.45) is 2.40. The minimum Gasteiger partial charge on any atom is -0.384 e. The molecule has 1 N–H and O–H groups in total. The van der Waals surface area contributed by atoms with Crippen molar-refractivity contribution in [2.75, 3.05) is 13.7 Å². The number of sulfonamides is 1. The molecule has 0 saturated heterocycles. The van der Waals surface area contributed by atoms with Gasteiger partial charge < -0.3 is 4.74 Å². The smallest absolute Gasteiger partial charge is 0.240 e. The molecule has 0 radical (unpaired) electrons. The summed E-state index contributed by atoms with van der Waals surface area (Å²) in [6, 6.07) is 14.7. The van der Waals surface area contributed by atoms with Gasteiger partial charge in [-0.05, 0) is 60.6 Å². The van der Waals surface area contributed by atoms with E-state index in [1.54, 1.807) is 19.2 Å². The van der Waals surface area contributed by atoms with E-state index in [2.05, 4.69) is 4.72 Å². The molecule has 6 heteroatoms. The minimum atomic E-state index is -3.47. The van der Waals surface area contributed by atoms with Crippen LogP contribution in [0.15, 0.2) is 53.4 Å². The van der Waals surface area contributed by atoms with Crippen LogP contribution in [-0.4, -0.2) is 28.2 Å². The van der Waals surface area contributed by atoms with Gasteiger partial charge in [-0.2, -0.15) is 0 Å². The first-order chi connectivity index (χ1) is 12.0. The van der Waals surface area contributed by atoms with Gasteiger partial charge in [0.05, 0.1) is 11.5 Å². The summed E-state index contributed by atoms with van der Waals surface area (Å²) in [6.45, 7) is 0.624. The summed E-state index contributed by atoms with van der Waals surface area (Å²) in [5.74, 6) is 0.390. The van der Waals surface area contributed by atoms with Crippen molar-refractivity contribution in [1.82, 2.24) is 4.72 Å². The van der Waals surface area contributed by atoms with E-state index in [1.807, 2.05) is 36.4 Å². The molecule has 1 aliphatic carbocycles. The zero-order valence-electron chi connectivity index (χ0n) is 14.1. The molecule has 0 atom stereocenters. The maximum atomic E-state index is 12.5. The highest BCUT2D eigenvalue weighted by atomic mass is 35.5. The summed E-state index contributed by atoms with van der Waals surface area (Å²) >= 11 is 5.90. The highest BCUT2D eigenvalue weighted by Gasteiger charge is 2.33. The molecule has 1 aliphatic rings. The maximum absolute atomic E-state index is 12.5. The topological polar surface area (TPSA) is 55.4 Å². The number of rotatable bonds is 7. The van der Waals surface area contributed by atoms with Crippen LogP contribution >= 0.6 is 11.6 Å². The van der Waals surface area contributed by atoms with E-state index >= 15 is 0 Å². The number of hydrogen-bond donors (Lipinski definition) is 1. The molecule has 134 valence electrons. The molecule has 0 aromatic heterocycles. The van der Waals surface area contributed by atoms with Gasteiger partial charge in [0, 0.05) is 18.2 Å². The van der Waals surface area contributed by atoms with Gasteiger partial charge in [-0.1, -0.05) is 35.9 Å². The number of hydrogen-bond acceptors (Lipinski definition) is 3. The van der Waals surface area contributed by atoms with Gasteiger partial charge in [0.15, 0.2) is 0 Å². The molecule has 0 spiro atoms. The van der Waals surface area contributed by atoms with E-state index in [4.69, 9.17) is 16.3 Å². The summed E-state index contributed by atoms with van der Waals surface area (Å²) in [4.78, 5) is 0.309. The van der Waals surface area contributed by atoms with Gasteiger partial charge in [-0.3, -0.25) is 0 Å². The molecule has 0 heterocycles. The van der Waals surface area contributed by atoms with Crippen molar-refractivity contribution in [3.8, 4) is 0 Å². The van der Waals surface area contributed by atoms with Gasteiger partial charge in [-0.15, -0.1) is 0 Å². The standard InChI is InChI=1S/C19H22ClNO3S/c1-24-11-10-14-2-8-19(9-3-14)25(22,23)21-18-12-16(13-18)15-4-6-17(20)7-5-15/h2-9,16,18,21H,10-13H2,1H3. The van der Waals surface area contributed by atoms with E-state index in [0.29, 0.717) is 22.4 Å². The second-order valence-corrected chi connectivity index (χ2v) is 8.58. The fourth-order valence-electron chi connectivity index (χ4n) is 3.06. The van der Waals surface area contributed by atoms with Gasteiger partial charge in [0.25, 0.3) is 0 Å². The van der Waals surface area contributed by atoms with Crippen molar-refractivity contribution in [3.05, 3.63) is 64.7 Å². The van der Waals surface area contributed by atoms with Crippen LogP contribution in [0.4, 0.5) is 0 Å². The predicted molar refractivity (Wildman–Crippen MR) is 99.6 cm³/mol. The second kappa shape index (κ2) is 7.87. The van der Waals surface area contributed by atoms with Crippen LogP contribution in [0.2, 0.25) is 5.02 Å². The van der Waals surface area contributed by atoms with Crippen molar-refractivity contribution in [2.24, 2.45) is 0 Å². The Kier molecular flexibility index (Phi) is 5.79. The Morgan fingerprint density at radius 3 is 2.32 bits per heavy atom. The normalized spacial score (nSPS) is 20.2. The van der Waals surface area contributed by atoms with Crippen molar-refractivity contribution in [1.29, 1.82) is 0 Å². The first-order valence-corrected chi connectivity index (χ1v) is 10.2. The van der Waals surface area contributed by atoms with Crippen LogP contribution in [0.25, 0.3) is 0 Å². The van der Waals surface area contributed by atoms with E-state index < -0.39 is 10.0 Å². The molecule has 4 nitrogen and oxygen atoms in total. The number of benzene rings is 2. The average Bonchev–Trinajstić information content (AvgIpc) is 2.57. The number of halogens is 1. The molecule has 2 aromatic rings. The van der Waals surface area contributed by atoms with E-state index in [1.165, 1.54) is 5.56 Å². The molecular formula is C19H22ClNO3S. The Morgan fingerprint density at radius 1 is 1.08 bits per heavy atom. The third-order valence-electron chi connectivity index (χ3n) is 4.63. The zero-order valence-corrected chi connectivity index (χ0v) is 15.7. The molecule has 3 rings (SSSR count). The summed E-state index contributed by atoms with van der Waals surface area (Å²) in [7, 11) is -1.82. The fraction of sp³-hybridized carbons (Fsp3) is 0.368. The molecular weight excluding hydrogens is 358 g/mol. The molecule has 0 amide bonds. The Labute approximate surface area is 154 Å². The Balaban J connectivity index is 1.56. The number of nitrogens with one attached hydrogen (secondary N) is 1. The van der Waals surface area contributed by atoms with Crippen LogP contribution in [0.5, 0.6) is 0 Å². The number of ether oxygens (including phenoxy) is 1. The van der Waals surface area contributed by atoms with Crippen LogP contribution in [0.1, 0.15) is 29.9 Å². The predicted octanol–water partition coefficient (Wildman–Crippen LogP) is 3.75. The number of methoxy groups -OCH3 is 1. The van der Waals surface area contributed by atoms with Gasteiger partial charge in [0.2, 0.25) is 10.0 Å². The SMILES string of the molecule is COCCc1ccc(S(=O)(=O)NC2CC(c3ccc(Cl)cc3)C2)cc1. The largest absolute Gasteiger partial charge is 0.384 e. The van der Waals surface area contributed by atoms with Crippen LogP contribution < -0.4 is 4.72 Å². The van der Waals surface area contributed by atoms with Crippen LogP contribution in [-0.2, 0) is 21.2 Å². The van der Waals surface area contributed by atoms with Crippen molar-refractivity contribution < 1.29 is 13.2 Å². The highest BCUT2D eigenvalue weighted by Crippen LogP contribution is 2.37. The summed E-state index contributed by atoms with van der Waals surface area (Å²) in [5, 5.41) is 0.717. The van der Waals surface area contributed by atoms with E-state index in [-0.39, 0.29) is 6.04 Å². The van der Waals surface area contributed by atoms with Crippen molar-refractivity contribution in [2.45, 2.75) is 36.1 Å². The summed E-state index contributed by atoms with van der Waals surface area (Å²) in [5.41, 5.74) is 2.27. The quantitative estimate of drug-likeness (QED) is 0.797. The monoisotopic (exact) mass is 379 g/mol. The zero-order chi connectivity index (χ0) is 17.9. The van der Waals surface area contributed by atoms with E-state index in [0.717, 1.165) is 24.8 Å². The van der Waals surface area contributed by atoms with Gasteiger partial charge in [0.1, 0.15) is 0 Å². The molecule has 25 heavy (non-hydrogen) atoms. The lowest BCUT2D eigenvalue weighted by atomic mass is 9.76. The Hall–Kier alpha value is -1.40. The molecule has 0 unspecified atom stereocenters. The van der Waals surface area contributed by atoms with Crippen molar-refractivity contribution >= 4 is 21.6 Å². The maximum Gasteiger partial charge on any atom is 0.240 e. The molecule has 1 fully saturated rings. The average molecular weight is 380 g/mol. The minimum absolute atomic E-state index is 0.0150. The summed E-state index contributed by atoms with van der Waals surface area (Å²) < 4.78 is 32.8. The lowest BCUT2D eigenvalue weighted by Gasteiger charge is -2.36. The third-order valence-corrected chi connectivity index (χ3v) is 6.42. The molecule has 2 aromatic carbocycles. The molecule has 1 saturated carbocycles. The Bertz CT molecular complexity index is 798. The first-order valence-electron chi connectivity index (χ1n) is 8.33. The fourth-order valence-corrected chi connectivity index (χ4v) is 4.45. The van der Waals surface area contributed by atoms with Gasteiger partial charge in [-0.25, -0.2) is 13.1 Å². The van der Waals surface area contributed by atoms with Crippen LogP contribution in [0.3, 0.4) is 0 Å². The van der Waals surface area contributed by atoms with Gasteiger partial charge >= 0.3 is 0 Å². The van der Waals surface area contributed by atoms with Crippen LogP contribution in [0, 0.1) is 0 Å². The molecule has 0 bridgehead atoms. The lowest BCUT2D eigenvalue weighted by molar-refractivity contribution is 0.202. The lowest BCUT2D eigenvalue weighted by Crippen LogP contribution is -2.43. The molecule has 0 aliphatic heterocycles. The Morgan fingerprint density at radius 2 is 1.72 bits per heavy atom.